The number of hydrogen-bond acceptors (Lipinski definition) is 4. The molecular formula is C23H31N3O2. The first-order valence-electron chi connectivity index (χ1n) is 10.0. The molecule has 1 heterocycles. The fourth-order valence-electron chi connectivity index (χ4n) is 3.40. The zero-order valence-electron chi connectivity index (χ0n) is 17.2. The van der Waals surface area contributed by atoms with Crippen LogP contribution in [0.4, 0.5) is 5.69 Å². The van der Waals surface area contributed by atoms with Crippen molar-refractivity contribution in [2.24, 2.45) is 0 Å². The highest BCUT2D eigenvalue weighted by molar-refractivity contribution is 6.04. The van der Waals surface area contributed by atoms with Gasteiger partial charge in [-0.15, -0.1) is 0 Å². The molecule has 0 atom stereocenters. The predicted octanol–water partition coefficient (Wildman–Crippen LogP) is 3.57. The number of carbonyl (C=O) groups excluding carboxylic acids is 1. The Morgan fingerprint density at radius 3 is 2.43 bits per heavy atom. The number of ether oxygens (including phenoxy) is 1. The van der Waals surface area contributed by atoms with Crippen molar-refractivity contribution in [3.8, 4) is 5.75 Å². The molecule has 0 aliphatic carbocycles. The molecular weight excluding hydrogens is 350 g/mol. The van der Waals surface area contributed by atoms with Gasteiger partial charge in [0.15, 0.2) is 0 Å². The number of nitrogens with one attached hydrogen (secondary N) is 1. The Labute approximate surface area is 168 Å². The fourth-order valence-corrected chi connectivity index (χ4v) is 3.40. The van der Waals surface area contributed by atoms with E-state index in [-0.39, 0.29) is 5.91 Å². The number of benzene rings is 2. The van der Waals surface area contributed by atoms with Gasteiger partial charge < -0.3 is 19.9 Å². The van der Waals surface area contributed by atoms with Crippen LogP contribution >= 0.6 is 0 Å². The van der Waals surface area contributed by atoms with Crippen molar-refractivity contribution in [3.05, 3.63) is 59.2 Å². The van der Waals surface area contributed by atoms with E-state index in [0.29, 0.717) is 12.2 Å². The van der Waals surface area contributed by atoms with Crippen molar-refractivity contribution in [3.63, 3.8) is 0 Å². The molecule has 1 aliphatic heterocycles. The molecule has 5 nitrogen and oxygen atoms in total. The van der Waals surface area contributed by atoms with Crippen LogP contribution in [-0.2, 0) is 0 Å². The quantitative estimate of drug-likeness (QED) is 0.745. The van der Waals surface area contributed by atoms with Gasteiger partial charge in [-0.2, -0.15) is 0 Å². The topological polar surface area (TPSA) is 44.8 Å². The second-order valence-corrected chi connectivity index (χ2v) is 7.64. The first-order chi connectivity index (χ1) is 13.5. The smallest absolute Gasteiger partial charge is 0.255 e. The number of amides is 1. The van der Waals surface area contributed by atoms with E-state index in [0.717, 1.165) is 56.1 Å². The van der Waals surface area contributed by atoms with Crippen LogP contribution in [0, 0.1) is 13.8 Å². The van der Waals surface area contributed by atoms with Crippen LogP contribution < -0.4 is 10.1 Å². The largest absolute Gasteiger partial charge is 0.494 e. The van der Waals surface area contributed by atoms with Gasteiger partial charge in [0.05, 0.1) is 6.61 Å². The summed E-state index contributed by atoms with van der Waals surface area (Å²) in [5.74, 6) is 0.704. The summed E-state index contributed by atoms with van der Waals surface area (Å²) in [7, 11) is 2.17. The minimum absolute atomic E-state index is 0.103. The van der Waals surface area contributed by atoms with Crippen molar-refractivity contribution >= 4 is 11.6 Å². The minimum Gasteiger partial charge on any atom is -0.494 e. The van der Waals surface area contributed by atoms with Crippen molar-refractivity contribution in [2.75, 3.05) is 51.7 Å². The van der Waals surface area contributed by atoms with E-state index in [4.69, 9.17) is 4.74 Å². The second kappa shape index (κ2) is 9.71. The number of likely N-dealkylation sites (N-methyl/N-ethyl adjacent to an activating group) is 1. The third-order valence-electron chi connectivity index (χ3n) is 5.23. The maximum absolute atomic E-state index is 12.5. The molecule has 1 aliphatic rings. The monoisotopic (exact) mass is 381 g/mol. The Bertz CT molecular complexity index is 781. The van der Waals surface area contributed by atoms with Gasteiger partial charge in [0.2, 0.25) is 0 Å². The molecule has 28 heavy (non-hydrogen) atoms. The number of aryl methyl sites for hydroxylation is 2. The summed E-state index contributed by atoms with van der Waals surface area (Å²) in [6.45, 7) is 10.4. The van der Waals surface area contributed by atoms with E-state index >= 15 is 0 Å². The highest BCUT2D eigenvalue weighted by Crippen LogP contribution is 2.18. The van der Waals surface area contributed by atoms with Gasteiger partial charge in [0.1, 0.15) is 5.75 Å². The van der Waals surface area contributed by atoms with Gasteiger partial charge in [0, 0.05) is 44.0 Å². The lowest BCUT2D eigenvalue weighted by atomic mass is 10.1. The highest BCUT2D eigenvalue weighted by Gasteiger charge is 2.13. The lowest BCUT2D eigenvalue weighted by molar-refractivity contribution is 0.102. The Morgan fingerprint density at radius 1 is 1.04 bits per heavy atom. The SMILES string of the molecule is Cc1ccc(NC(=O)c2ccc(OCCCN3CCN(C)CC3)cc2)c(C)c1. The molecule has 5 heteroatoms. The lowest BCUT2D eigenvalue weighted by Crippen LogP contribution is -2.44. The second-order valence-electron chi connectivity index (χ2n) is 7.64. The van der Waals surface area contributed by atoms with Crippen molar-refractivity contribution < 1.29 is 9.53 Å². The summed E-state index contributed by atoms with van der Waals surface area (Å²) in [5.41, 5.74) is 3.72. The molecule has 1 amide bonds. The lowest BCUT2D eigenvalue weighted by Gasteiger charge is -2.32. The van der Waals surface area contributed by atoms with E-state index in [1.54, 1.807) is 0 Å². The Hall–Kier alpha value is -2.37. The third-order valence-corrected chi connectivity index (χ3v) is 5.23. The number of piperazine rings is 1. The number of carbonyl (C=O) groups is 1. The van der Waals surface area contributed by atoms with Crippen LogP contribution in [0.3, 0.4) is 0 Å². The number of rotatable bonds is 7. The van der Waals surface area contributed by atoms with Crippen molar-refractivity contribution in [1.29, 1.82) is 0 Å². The van der Waals surface area contributed by atoms with Crippen LogP contribution in [0.1, 0.15) is 27.9 Å². The normalized spacial score (nSPS) is 15.4. The molecule has 0 bridgehead atoms. The van der Waals surface area contributed by atoms with Crippen LogP contribution in [-0.4, -0.2) is 62.1 Å². The molecule has 1 saturated heterocycles. The molecule has 0 saturated carbocycles. The Morgan fingerprint density at radius 2 is 1.75 bits per heavy atom. The summed E-state index contributed by atoms with van der Waals surface area (Å²) in [6, 6.07) is 13.4. The summed E-state index contributed by atoms with van der Waals surface area (Å²) in [6.07, 6.45) is 1.01. The van der Waals surface area contributed by atoms with Crippen LogP contribution in [0.5, 0.6) is 5.75 Å². The molecule has 0 unspecified atom stereocenters. The van der Waals surface area contributed by atoms with E-state index in [2.05, 4.69) is 28.2 Å². The Kier molecular flexibility index (Phi) is 7.06. The maximum Gasteiger partial charge on any atom is 0.255 e. The predicted molar refractivity (Wildman–Crippen MR) is 114 cm³/mol. The van der Waals surface area contributed by atoms with Gasteiger partial charge >= 0.3 is 0 Å². The van der Waals surface area contributed by atoms with Gasteiger partial charge in [0.25, 0.3) is 5.91 Å². The Balaban J connectivity index is 1.43. The van der Waals surface area contributed by atoms with Gasteiger partial charge in [-0.1, -0.05) is 17.7 Å². The van der Waals surface area contributed by atoms with Crippen molar-refractivity contribution in [1.82, 2.24) is 9.80 Å². The summed E-state index contributed by atoms with van der Waals surface area (Å²) < 4.78 is 5.83. The van der Waals surface area contributed by atoms with E-state index in [1.807, 2.05) is 50.2 Å². The molecule has 0 spiro atoms. The molecule has 1 N–H and O–H groups in total. The van der Waals surface area contributed by atoms with Gasteiger partial charge in [-0.05, 0) is 63.2 Å². The van der Waals surface area contributed by atoms with E-state index in [1.165, 1.54) is 5.56 Å². The summed E-state index contributed by atoms with van der Waals surface area (Å²) >= 11 is 0. The zero-order chi connectivity index (χ0) is 19.9. The number of hydrogen-bond donors (Lipinski definition) is 1. The zero-order valence-corrected chi connectivity index (χ0v) is 17.2. The summed E-state index contributed by atoms with van der Waals surface area (Å²) in [5, 5.41) is 2.98. The highest BCUT2D eigenvalue weighted by atomic mass is 16.5. The average Bonchev–Trinajstić information content (AvgIpc) is 2.69. The van der Waals surface area contributed by atoms with Gasteiger partial charge in [-0.3, -0.25) is 4.79 Å². The van der Waals surface area contributed by atoms with E-state index in [9.17, 15) is 4.79 Å². The first-order valence-corrected chi connectivity index (χ1v) is 10.0. The van der Waals surface area contributed by atoms with Gasteiger partial charge in [-0.25, -0.2) is 0 Å². The van der Waals surface area contributed by atoms with Crippen LogP contribution in [0.2, 0.25) is 0 Å². The molecule has 2 aromatic carbocycles. The van der Waals surface area contributed by atoms with Crippen LogP contribution in [0.15, 0.2) is 42.5 Å². The van der Waals surface area contributed by atoms with Crippen molar-refractivity contribution in [2.45, 2.75) is 20.3 Å². The minimum atomic E-state index is -0.103. The molecule has 3 rings (SSSR count). The molecule has 150 valence electrons. The van der Waals surface area contributed by atoms with E-state index < -0.39 is 0 Å². The molecule has 0 aromatic heterocycles. The molecule has 2 aromatic rings. The summed E-state index contributed by atoms with van der Waals surface area (Å²) in [4.78, 5) is 17.3. The fraction of sp³-hybridized carbons (Fsp3) is 0.435. The third kappa shape index (κ3) is 5.81. The average molecular weight is 382 g/mol. The maximum atomic E-state index is 12.5. The first kappa shape index (κ1) is 20.4. The number of nitrogens with zero attached hydrogens (tertiary/aromatic N) is 2. The molecule has 0 radical (unpaired) electrons. The molecule has 1 fully saturated rings. The number of anilines is 1. The van der Waals surface area contributed by atoms with Crippen LogP contribution in [0.25, 0.3) is 0 Å². The standard InChI is InChI=1S/C23H31N3O2/c1-18-5-10-22(19(2)17-18)24-23(27)20-6-8-21(9-7-20)28-16-4-11-26-14-12-25(3)13-15-26/h5-10,17H,4,11-16H2,1-3H3,(H,24,27).